The quantitative estimate of drug-likeness (QED) is 0.423. The largest absolute Gasteiger partial charge is 0.295 e. The third kappa shape index (κ3) is 0.814. The van der Waals surface area contributed by atoms with Gasteiger partial charge in [-0.3, -0.25) is 4.99 Å². The Morgan fingerprint density at radius 3 is 2.50 bits per heavy atom. The molecule has 0 saturated heterocycles. The van der Waals surface area contributed by atoms with Gasteiger partial charge in [0.15, 0.2) is 0 Å². The lowest BCUT2D eigenvalue weighted by Crippen LogP contribution is -1.69. The zero-order chi connectivity index (χ0) is 4.41. The molecule has 0 atom stereocenters. The van der Waals surface area contributed by atoms with Crippen molar-refractivity contribution in [3.8, 4) is 0 Å². The topological polar surface area (TPSA) is 12.4 Å². The zero-order valence-corrected chi connectivity index (χ0v) is 4.02. The molecule has 1 rings (SSSR count). The van der Waals surface area contributed by atoms with E-state index in [9.17, 15) is 0 Å². The van der Waals surface area contributed by atoms with Crippen molar-refractivity contribution < 1.29 is 0 Å². The van der Waals surface area contributed by atoms with Crippen molar-refractivity contribution >= 4 is 6.21 Å². The number of hydrogen-bond acceptors (Lipinski definition) is 1. The number of rotatable bonds is 1. The van der Waals surface area contributed by atoms with Crippen LogP contribution < -0.4 is 0 Å². The van der Waals surface area contributed by atoms with Gasteiger partial charge in [0.2, 0.25) is 0 Å². The van der Waals surface area contributed by atoms with Crippen LogP contribution in [-0.2, 0) is 0 Å². The van der Waals surface area contributed by atoms with E-state index in [1.165, 1.54) is 12.8 Å². The summed E-state index contributed by atoms with van der Waals surface area (Å²) in [6.45, 7) is 1.97. The van der Waals surface area contributed by atoms with Crippen molar-refractivity contribution in [2.45, 2.75) is 25.8 Å². The van der Waals surface area contributed by atoms with Crippen LogP contribution in [0, 0.1) is 0 Å². The molecular weight excluding hydrogens is 74.1 g/mol. The molecule has 0 radical (unpaired) electrons. The van der Waals surface area contributed by atoms with Crippen LogP contribution in [0.2, 0.25) is 0 Å². The molecule has 1 fully saturated rings. The summed E-state index contributed by atoms with van der Waals surface area (Å²) in [5.41, 5.74) is 0. The molecule has 0 unspecified atom stereocenters. The molecule has 0 heterocycles. The lowest BCUT2D eigenvalue weighted by molar-refractivity contribution is 1.07. The molecule has 0 amide bonds. The first-order chi connectivity index (χ1) is 2.93. The van der Waals surface area contributed by atoms with Crippen LogP contribution in [0.5, 0.6) is 0 Å². The van der Waals surface area contributed by atoms with Crippen LogP contribution in [0.15, 0.2) is 4.99 Å². The standard InChI is InChI=1S/C5H9N/c1-2-6-5-3-4-5/h2,5H,3-4H2,1H3. The average molecular weight is 83.1 g/mol. The fourth-order valence-electron chi connectivity index (χ4n) is 0.434. The zero-order valence-electron chi connectivity index (χ0n) is 4.02. The van der Waals surface area contributed by atoms with Crippen LogP contribution in [0.25, 0.3) is 0 Å². The number of aliphatic imine (C=N–C) groups is 1. The van der Waals surface area contributed by atoms with E-state index in [2.05, 4.69) is 4.99 Å². The van der Waals surface area contributed by atoms with E-state index in [0.717, 1.165) is 6.04 Å². The first kappa shape index (κ1) is 3.85. The second-order valence-electron chi connectivity index (χ2n) is 1.64. The Kier molecular flexibility index (Phi) is 0.906. The van der Waals surface area contributed by atoms with Gasteiger partial charge in [0.1, 0.15) is 0 Å². The van der Waals surface area contributed by atoms with E-state index in [-0.39, 0.29) is 0 Å². The molecule has 1 heteroatoms. The third-order valence-corrected chi connectivity index (χ3v) is 0.907. The molecule has 6 heavy (non-hydrogen) atoms. The van der Waals surface area contributed by atoms with E-state index < -0.39 is 0 Å². The molecule has 1 nitrogen and oxygen atoms in total. The van der Waals surface area contributed by atoms with Gasteiger partial charge in [-0.25, -0.2) is 0 Å². The minimum atomic E-state index is 0.718. The SMILES string of the molecule is CC=NC1CC1. The highest BCUT2D eigenvalue weighted by atomic mass is 14.8. The van der Waals surface area contributed by atoms with E-state index in [1.54, 1.807) is 0 Å². The van der Waals surface area contributed by atoms with Gasteiger partial charge in [-0.1, -0.05) is 0 Å². The maximum atomic E-state index is 4.11. The summed E-state index contributed by atoms with van der Waals surface area (Å²) in [5, 5.41) is 0. The number of nitrogens with zero attached hydrogens (tertiary/aromatic N) is 1. The van der Waals surface area contributed by atoms with Crippen molar-refractivity contribution in [3.05, 3.63) is 0 Å². The first-order valence-electron chi connectivity index (χ1n) is 2.41. The maximum Gasteiger partial charge on any atom is 0.0497 e. The normalized spacial score (nSPS) is 22.8. The second-order valence-corrected chi connectivity index (χ2v) is 1.64. The fraction of sp³-hybridized carbons (Fsp3) is 0.800. The molecule has 0 aromatic heterocycles. The predicted octanol–water partition coefficient (Wildman–Crippen LogP) is 1.24. The molecule has 0 bridgehead atoms. The van der Waals surface area contributed by atoms with Gasteiger partial charge in [0, 0.05) is 6.04 Å². The third-order valence-electron chi connectivity index (χ3n) is 0.907. The summed E-state index contributed by atoms with van der Waals surface area (Å²) >= 11 is 0. The van der Waals surface area contributed by atoms with Crippen LogP contribution >= 0.6 is 0 Å². The van der Waals surface area contributed by atoms with Crippen molar-refractivity contribution in [1.29, 1.82) is 0 Å². The summed E-state index contributed by atoms with van der Waals surface area (Å²) in [6.07, 6.45) is 4.53. The van der Waals surface area contributed by atoms with Gasteiger partial charge in [-0.15, -0.1) is 0 Å². The van der Waals surface area contributed by atoms with E-state index in [1.807, 2.05) is 13.1 Å². The Hall–Kier alpha value is -0.330. The summed E-state index contributed by atoms with van der Waals surface area (Å²) in [7, 11) is 0. The van der Waals surface area contributed by atoms with Crippen molar-refractivity contribution in [2.24, 2.45) is 4.99 Å². The van der Waals surface area contributed by atoms with Crippen molar-refractivity contribution in [3.63, 3.8) is 0 Å². The van der Waals surface area contributed by atoms with E-state index >= 15 is 0 Å². The summed E-state index contributed by atoms with van der Waals surface area (Å²) in [5.74, 6) is 0. The molecule has 34 valence electrons. The molecule has 0 spiro atoms. The highest BCUT2D eigenvalue weighted by Gasteiger charge is 2.17. The van der Waals surface area contributed by atoms with Crippen molar-refractivity contribution in [1.82, 2.24) is 0 Å². The van der Waals surface area contributed by atoms with Crippen LogP contribution in [0.3, 0.4) is 0 Å². The molecule has 1 aliphatic rings. The van der Waals surface area contributed by atoms with Gasteiger partial charge >= 0.3 is 0 Å². The molecule has 0 N–H and O–H groups in total. The van der Waals surface area contributed by atoms with Gasteiger partial charge in [0.25, 0.3) is 0 Å². The molecule has 1 aliphatic carbocycles. The minimum Gasteiger partial charge on any atom is -0.295 e. The molecule has 0 aromatic rings. The van der Waals surface area contributed by atoms with Crippen LogP contribution in [0.4, 0.5) is 0 Å². The average Bonchev–Trinajstić information content (AvgIpc) is 2.21. The van der Waals surface area contributed by atoms with Gasteiger partial charge in [0.05, 0.1) is 0 Å². The predicted molar refractivity (Wildman–Crippen MR) is 27.2 cm³/mol. The second kappa shape index (κ2) is 1.41. The summed E-state index contributed by atoms with van der Waals surface area (Å²) < 4.78 is 0. The molecular formula is C5H9N. The minimum absolute atomic E-state index is 0.718. The van der Waals surface area contributed by atoms with Gasteiger partial charge < -0.3 is 0 Å². The smallest absolute Gasteiger partial charge is 0.0497 e. The first-order valence-corrected chi connectivity index (χ1v) is 2.41. The highest BCUT2D eigenvalue weighted by Crippen LogP contribution is 2.22. The monoisotopic (exact) mass is 83.1 g/mol. The fourth-order valence-corrected chi connectivity index (χ4v) is 0.434. The van der Waals surface area contributed by atoms with Gasteiger partial charge in [-0.2, -0.15) is 0 Å². The Morgan fingerprint density at radius 1 is 1.67 bits per heavy atom. The Balaban J connectivity index is 2.15. The lowest BCUT2D eigenvalue weighted by atomic mass is 10.7. The summed E-state index contributed by atoms with van der Waals surface area (Å²) in [4.78, 5) is 4.11. The lowest BCUT2D eigenvalue weighted by Gasteiger charge is -1.72. The Bertz CT molecular complexity index is 62.3. The van der Waals surface area contributed by atoms with E-state index in [4.69, 9.17) is 0 Å². The molecule has 1 saturated carbocycles. The number of hydrogen-bond donors (Lipinski definition) is 0. The molecule has 0 aromatic carbocycles. The van der Waals surface area contributed by atoms with E-state index in [0.29, 0.717) is 0 Å². The molecule has 0 aliphatic heterocycles. The van der Waals surface area contributed by atoms with Crippen molar-refractivity contribution in [2.75, 3.05) is 0 Å². The highest BCUT2D eigenvalue weighted by molar-refractivity contribution is 5.53. The van der Waals surface area contributed by atoms with Gasteiger partial charge in [-0.05, 0) is 26.0 Å². The Labute approximate surface area is 38.1 Å². The van der Waals surface area contributed by atoms with Crippen LogP contribution in [0.1, 0.15) is 19.8 Å². The van der Waals surface area contributed by atoms with Crippen LogP contribution in [-0.4, -0.2) is 12.3 Å². The Morgan fingerprint density at radius 2 is 2.33 bits per heavy atom. The maximum absolute atomic E-state index is 4.11. The summed E-state index contributed by atoms with van der Waals surface area (Å²) in [6, 6.07) is 0.718.